The van der Waals surface area contributed by atoms with Crippen molar-refractivity contribution in [3.8, 4) is 0 Å². The molecule has 3 N–H and O–H groups in total. The van der Waals surface area contributed by atoms with E-state index >= 15 is 0 Å². The minimum absolute atomic E-state index is 0.0870. The summed E-state index contributed by atoms with van der Waals surface area (Å²) in [5.41, 5.74) is 2.68. The number of carbonyl (C=O) groups is 2. The van der Waals surface area contributed by atoms with Crippen molar-refractivity contribution in [2.75, 3.05) is 28.6 Å². The maximum absolute atomic E-state index is 12.6. The SMILES string of the molecule is O=C(Nc1ccccc1NC(=O)c1ccc(Cl)cc1)NC1CCN(c2ccncc2)CC1. The molecule has 164 valence electrons. The van der Waals surface area contributed by atoms with E-state index in [1.165, 1.54) is 0 Å². The van der Waals surface area contributed by atoms with Gasteiger partial charge in [-0.1, -0.05) is 23.7 Å². The number of hydrogen-bond donors (Lipinski definition) is 3. The van der Waals surface area contributed by atoms with Gasteiger partial charge in [0.1, 0.15) is 0 Å². The predicted molar refractivity (Wildman–Crippen MR) is 127 cm³/mol. The highest BCUT2D eigenvalue weighted by Crippen LogP contribution is 2.23. The van der Waals surface area contributed by atoms with E-state index in [0.29, 0.717) is 22.0 Å². The molecule has 1 aromatic heterocycles. The molecule has 0 atom stereocenters. The molecular formula is C24H24ClN5O2. The first-order valence-electron chi connectivity index (χ1n) is 10.5. The van der Waals surface area contributed by atoms with Gasteiger partial charge in [0.05, 0.1) is 11.4 Å². The zero-order chi connectivity index (χ0) is 22.3. The highest BCUT2D eigenvalue weighted by molar-refractivity contribution is 6.30. The number of urea groups is 1. The number of benzene rings is 2. The van der Waals surface area contributed by atoms with Gasteiger partial charge in [0.25, 0.3) is 5.91 Å². The number of halogens is 1. The number of anilines is 3. The van der Waals surface area contributed by atoms with Crippen molar-refractivity contribution in [1.82, 2.24) is 10.3 Å². The van der Waals surface area contributed by atoms with Crippen molar-refractivity contribution in [3.05, 3.63) is 83.6 Å². The van der Waals surface area contributed by atoms with Crippen LogP contribution in [0.2, 0.25) is 5.02 Å². The second kappa shape index (κ2) is 10.2. The summed E-state index contributed by atoms with van der Waals surface area (Å²) in [5.74, 6) is -0.278. The second-order valence-electron chi connectivity index (χ2n) is 7.57. The lowest BCUT2D eigenvalue weighted by Gasteiger charge is -2.33. The molecule has 8 heteroatoms. The van der Waals surface area contributed by atoms with Crippen LogP contribution in [0, 0.1) is 0 Å². The van der Waals surface area contributed by atoms with E-state index in [4.69, 9.17) is 11.6 Å². The molecule has 1 saturated heterocycles. The van der Waals surface area contributed by atoms with Crippen molar-refractivity contribution in [2.45, 2.75) is 18.9 Å². The molecule has 0 bridgehead atoms. The molecule has 3 amide bonds. The molecule has 0 unspecified atom stereocenters. The number of carbonyl (C=O) groups excluding carboxylic acids is 2. The number of aromatic nitrogens is 1. The van der Waals surface area contributed by atoms with Gasteiger partial charge in [-0.05, 0) is 61.4 Å². The van der Waals surface area contributed by atoms with Crippen LogP contribution in [0.15, 0.2) is 73.1 Å². The molecular weight excluding hydrogens is 426 g/mol. The van der Waals surface area contributed by atoms with E-state index in [1.54, 1.807) is 60.9 Å². The first-order chi connectivity index (χ1) is 15.6. The Morgan fingerprint density at radius 3 is 2.16 bits per heavy atom. The molecule has 0 radical (unpaired) electrons. The summed E-state index contributed by atoms with van der Waals surface area (Å²) >= 11 is 5.89. The van der Waals surface area contributed by atoms with Gasteiger partial charge in [-0.15, -0.1) is 0 Å². The summed E-state index contributed by atoms with van der Waals surface area (Å²) in [6.07, 6.45) is 5.28. The fourth-order valence-electron chi connectivity index (χ4n) is 3.68. The second-order valence-corrected chi connectivity index (χ2v) is 8.01. The van der Waals surface area contributed by atoms with Crippen LogP contribution >= 0.6 is 11.6 Å². The summed E-state index contributed by atoms with van der Waals surface area (Å²) in [4.78, 5) is 31.5. The average Bonchev–Trinajstić information content (AvgIpc) is 2.82. The molecule has 1 fully saturated rings. The zero-order valence-corrected chi connectivity index (χ0v) is 18.2. The van der Waals surface area contributed by atoms with Crippen molar-refractivity contribution < 1.29 is 9.59 Å². The summed E-state index contributed by atoms with van der Waals surface area (Å²) in [5, 5.41) is 9.31. The van der Waals surface area contributed by atoms with Crippen LogP contribution in [-0.4, -0.2) is 36.1 Å². The molecule has 1 aliphatic rings. The maximum Gasteiger partial charge on any atom is 0.319 e. The minimum Gasteiger partial charge on any atom is -0.371 e. The Balaban J connectivity index is 1.32. The quantitative estimate of drug-likeness (QED) is 0.523. The summed E-state index contributed by atoms with van der Waals surface area (Å²) in [6.45, 7) is 1.73. The molecule has 32 heavy (non-hydrogen) atoms. The molecule has 0 aliphatic carbocycles. The lowest BCUT2D eigenvalue weighted by Crippen LogP contribution is -2.46. The molecule has 1 aliphatic heterocycles. The topological polar surface area (TPSA) is 86.4 Å². The van der Waals surface area contributed by atoms with Gasteiger partial charge < -0.3 is 20.9 Å². The maximum atomic E-state index is 12.6. The predicted octanol–water partition coefficient (Wildman–Crippen LogP) is 4.78. The van der Waals surface area contributed by atoms with E-state index in [9.17, 15) is 9.59 Å². The number of para-hydroxylation sites is 2. The standard InChI is InChI=1S/C24H24ClN5O2/c25-18-7-5-17(6-8-18)23(31)28-21-3-1-2-4-22(21)29-24(32)27-19-11-15-30(16-12-19)20-9-13-26-14-10-20/h1-10,13-14,19H,11-12,15-16H2,(H,28,31)(H2,27,29,32). The van der Waals surface area contributed by atoms with Crippen LogP contribution < -0.4 is 20.9 Å². The highest BCUT2D eigenvalue weighted by Gasteiger charge is 2.21. The van der Waals surface area contributed by atoms with Gasteiger partial charge in [-0.25, -0.2) is 4.79 Å². The van der Waals surface area contributed by atoms with Gasteiger partial charge >= 0.3 is 6.03 Å². The van der Waals surface area contributed by atoms with Crippen LogP contribution in [0.3, 0.4) is 0 Å². The van der Waals surface area contributed by atoms with Crippen molar-refractivity contribution in [1.29, 1.82) is 0 Å². The van der Waals surface area contributed by atoms with Gasteiger partial charge in [0.15, 0.2) is 0 Å². The third-order valence-electron chi connectivity index (χ3n) is 5.39. The number of nitrogens with one attached hydrogen (secondary N) is 3. The van der Waals surface area contributed by atoms with E-state index in [2.05, 4.69) is 25.8 Å². The van der Waals surface area contributed by atoms with Gasteiger partial charge in [-0.2, -0.15) is 0 Å². The number of nitrogens with zero attached hydrogens (tertiary/aromatic N) is 2. The number of amides is 3. The Labute approximate surface area is 191 Å². The molecule has 3 aromatic rings. The molecule has 2 heterocycles. The molecule has 2 aromatic carbocycles. The van der Waals surface area contributed by atoms with Crippen LogP contribution in [-0.2, 0) is 0 Å². The third kappa shape index (κ3) is 5.56. The van der Waals surface area contributed by atoms with Crippen LogP contribution in [0.4, 0.5) is 21.9 Å². The summed E-state index contributed by atoms with van der Waals surface area (Å²) < 4.78 is 0. The Bertz CT molecular complexity index is 1070. The third-order valence-corrected chi connectivity index (χ3v) is 5.64. The van der Waals surface area contributed by atoms with E-state index in [0.717, 1.165) is 31.6 Å². The van der Waals surface area contributed by atoms with Gasteiger partial charge in [0.2, 0.25) is 0 Å². The summed E-state index contributed by atoms with van der Waals surface area (Å²) in [6, 6.07) is 17.5. The highest BCUT2D eigenvalue weighted by atomic mass is 35.5. The lowest BCUT2D eigenvalue weighted by molar-refractivity contribution is 0.102. The number of piperidine rings is 1. The van der Waals surface area contributed by atoms with Gasteiger partial charge in [-0.3, -0.25) is 9.78 Å². The Morgan fingerprint density at radius 1 is 0.875 bits per heavy atom. The van der Waals surface area contributed by atoms with E-state index in [1.807, 2.05) is 12.1 Å². The fourth-order valence-corrected chi connectivity index (χ4v) is 3.80. The molecule has 0 spiro atoms. The first-order valence-corrected chi connectivity index (χ1v) is 10.8. The zero-order valence-electron chi connectivity index (χ0n) is 17.4. The van der Waals surface area contributed by atoms with Crippen molar-refractivity contribution >= 4 is 40.6 Å². The number of hydrogen-bond acceptors (Lipinski definition) is 4. The van der Waals surface area contributed by atoms with E-state index < -0.39 is 0 Å². The van der Waals surface area contributed by atoms with Crippen molar-refractivity contribution in [3.63, 3.8) is 0 Å². The molecule has 7 nitrogen and oxygen atoms in total. The molecule has 4 rings (SSSR count). The summed E-state index contributed by atoms with van der Waals surface area (Å²) in [7, 11) is 0. The monoisotopic (exact) mass is 449 g/mol. The average molecular weight is 450 g/mol. The van der Waals surface area contributed by atoms with Crippen LogP contribution in [0.25, 0.3) is 0 Å². The first kappa shape index (κ1) is 21.6. The lowest BCUT2D eigenvalue weighted by atomic mass is 10.0. The van der Waals surface area contributed by atoms with Crippen molar-refractivity contribution in [2.24, 2.45) is 0 Å². The normalized spacial score (nSPS) is 14.0. The van der Waals surface area contributed by atoms with Crippen LogP contribution in [0.1, 0.15) is 23.2 Å². The largest absolute Gasteiger partial charge is 0.371 e. The van der Waals surface area contributed by atoms with Gasteiger partial charge in [0, 0.05) is 47.8 Å². The van der Waals surface area contributed by atoms with Crippen LogP contribution in [0.5, 0.6) is 0 Å². The number of pyridine rings is 1. The van der Waals surface area contributed by atoms with E-state index in [-0.39, 0.29) is 18.0 Å². The fraction of sp³-hybridized carbons (Fsp3) is 0.208. The molecule has 0 saturated carbocycles. The number of rotatable bonds is 5. The minimum atomic E-state index is -0.291. The Kier molecular flexibility index (Phi) is 6.87. The smallest absolute Gasteiger partial charge is 0.319 e. The Hall–Kier alpha value is -3.58. The Morgan fingerprint density at radius 2 is 1.50 bits per heavy atom.